The van der Waals surface area contributed by atoms with Gasteiger partial charge in [-0.25, -0.2) is 0 Å². The number of aryl methyl sites for hydroxylation is 2. The zero-order chi connectivity index (χ0) is 17.5. The van der Waals surface area contributed by atoms with Crippen LogP contribution in [0, 0.1) is 6.92 Å². The Bertz CT molecular complexity index is 749. The van der Waals surface area contributed by atoms with Crippen LogP contribution in [-0.4, -0.2) is 40.2 Å². The number of hydrogen-bond acceptors (Lipinski definition) is 4. The largest absolute Gasteiger partial charge is 0.468 e. The van der Waals surface area contributed by atoms with E-state index in [1.807, 2.05) is 31.2 Å². The molecule has 0 aliphatic rings. The summed E-state index contributed by atoms with van der Waals surface area (Å²) >= 11 is 0. The van der Waals surface area contributed by atoms with Crippen molar-refractivity contribution in [1.82, 2.24) is 14.7 Å². The van der Waals surface area contributed by atoms with Crippen molar-refractivity contribution >= 4 is 18.0 Å². The Morgan fingerprint density at radius 1 is 1.33 bits per heavy atom. The number of rotatable bonds is 6. The van der Waals surface area contributed by atoms with Gasteiger partial charge in [0.1, 0.15) is 6.54 Å². The highest BCUT2D eigenvalue weighted by atomic mass is 16.5. The fourth-order valence-electron chi connectivity index (χ4n) is 2.22. The third kappa shape index (κ3) is 4.81. The number of ether oxygens (including phenoxy) is 1. The first-order chi connectivity index (χ1) is 11.5. The smallest absolute Gasteiger partial charge is 0.325 e. The number of aromatic nitrogens is 2. The van der Waals surface area contributed by atoms with Crippen LogP contribution >= 0.6 is 0 Å². The SMILES string of the molecule is COC(=O)CN(Cc1ccccc1C)C(=O)C=Cc1cnn(C)c1. The third-order valence-electron chi connectivity index (χ3n) is 3.62. The van der Waals surface area contributed by atoms with E-state index in [1.54, 1.807) is 30.2 Å². The van der Waals surface area contributed by atoms with Gasteiger partial charge >= 0.3 is 5.97 Å². The fourth-order valence-corrected chi connectivity index (χ4v) is 2.22. The van der Waals surface area contributed by atoms with Crippen molar-refractivity contribution in [2.24, 2.45) is 7.05 Å². The molecule has 24 heavy (non-hydrogen) atoms. The number of esters is 1. The number of carbonyl (C=O) groups excluding carboxylic acids is 2. The minimum absolute atomic E-state index is 0.0962. The summed E-state index contributed by atoms with van der Waals surface area (Å²) in [7, 11) is 3.12. The van der Waals surface area contributed by atoms with Crippen LogP contribution in [-0.2, 0) is 27.9 Å². The molecule has 0 spiro atoms. The van der Waals surface area contributed by atoms with Gasteiger partial charge in [-0.05, 0) is 24.1 Å². The lowest BCUT2D eigenvalue weighted by Crippen LogP contribution is -2.34. The van der Waals surface area contributed by atoms with E-state index in [4.69, 9.17) is 4.74 Å². The summed E-state index contributed by atoms with van der Waals surface area (Å²) in [5.41, 5.74) is 2.88. The molecule has 2 rings (SSSR count). The molecule has 0 saturated heterocycles. The quantitative estimate of drug-likeness (QED) is 0.601. The van der Waals surface area contributed by atoms with Gasteiger partial charge in [-0.1, -0.05) is 24.3 Å². The van der Waals surface area contributed by atoms with Gasteiger partial charge in [-0.2, -0.15) is 5.10 Å². The highest BCUT2D eigenvalue weighted by molar-refractivity contribution is 5.93. The van der Waals surface area contributed by atoms with E-state index >= 15 is 0 Å². The second-order valence-corrected chi connectivity index (χ2v) is 5.48. The molecule has 0 N–H and O–H groups in total. The van der Waals surface area contributed by atoms with Crippen LogP contribution in [0.1, 0.15) is 16.7 Å². The highest BCUT2D eigenvalue weighted by Crippen LogP contribution is 2.11. The number of carbonyl (C=O) groups is 2. The lowest BCUT2D eigenvalue weighted by atomic mass is 10.1. The maximum absolute atomic E-state index is 12.5. The van der Waals surface area contributed by atoms with Crippen LogP contribution in [0.2, 0.25) is 0 Å². The standard InChI is InChI=1S/C18H21N3O3/c1-14-6-4-5-7-16(14)12-21(13-18(23)24-3)17(22)9-8-15-10-19-20(2)11-15/h4-11H,12-13H2,1-3H3. The lowest BCUT2D eigenvalue weighted by molar-refractivity contribution is -0.145. The second kappa shape index (κ2) is 8.10. The predicted molar refractivity (Wildman–Crippen MR) is 90.9 cm³/mol. The Morgan fingerprint density at radius 3 is 2.71 bits per heavy atom. The molecule has 0 fully saturated rings. The zero-order valence-corrected chi connectivity index (χ0v) is 14.1. The molecule has 126 valence electrons. The molecule has 0 unspecified atom stereocenters. The van der Waals surface area contributed by atoms with Crippen molar-refractivity contribution in [3.8, 4) is 0 Å². The molecule has 0 atom stereocenters. The average molecular weight is 327 g/mol. The molecule has 1 heterocycles. The topological polar surface area (TPSA) is 64.4 Å². The fraction of sp³-hybridized carbons (Fsp3) is 0.278. The summed E-state index contributed by atoms with van der Waals surface area (Å²) in [6, 6.07) is 7.77. The van der Waals surface area contributed by atoms with E-state index in [1.165, 1.54) is 18.1 Å². The van der Waals surface area contributed by atoms with Gasteiger partial charge in [-0.3, -0.25) is 14.3 Å². The zero-order valence-electron chi connectivity index (χ0n) is 14.1. The predicted octanol–water partition coefficient (Wildman–Crippen LogP) is 1.94. The Kier molecular flexibility index (Phi) is 5.89. The molecule has 0 aliphatic carbocycles. The number of hydrogen-bond donors (Lipinski definition) is 0. The third-order valence-corrected chi connectivity index (χ3v) is 3.62. The van der Waals surface area contributed by atoms with Crippen molar-refractivity contribution in [2.45, 2.75) is 13.5 Å². The summed E-state index contributed by atoms with van der Waals surface area (Å²) in [5, 5.41) is 4.05. The van der Waals surface area contributed by atoms with Gasteiger partial charge < -0.3 is 9.64 Å². The maximum Gasteiger partial charge on any atom is 0.325 e. The van der Waals surface area contributed by atoms with Crippen molar-refractivity contribution in [3.05, 3.63) is 59.4 Å². The average Bonchev–Trinajstić information content (AvgIpc) is 2.99. The normalized spacial score (nSPS) is 10.8. The van der Waals surface area contributed by atoms with E-state index in [-0.39, 0.29) is 12.5 Å². The Hall–Kier alpha value is -2.89. The lowest BCUT2D eigenvalue weighted by Gasteiger charge is -2.21. The molecule has 2 aromatic rings. The molecular formula is C18H21N3O3. The molecule has 1 aromatic heterocycles. The molecule has 1 aromatic carbocycles. The van der Waals surface area contributed by atoms with Gasteiger partial charge in [0.2, 0.25) is 5.91 Å². The van der Waals surface area contributed by atoms with Gasteiger partial charge in [-0.15, -0.1) is 0 Å². The Balaban J connectivity index is 2.15. The van der Waals surface area contributed by atoms with Gasteiger partial charge in [0.05, 0.1) is 13.3 Å². The van der Waals surface area contributed by atoms with E-state index in [9.17, 15) is 9.59 Å². The van der Waals surface area contributed by atoms with Crippen LogP contribution in [0.4, 0.5) is 0 Å². The van der Waals surface area contributed by atoms with Crippen LogP contribution < -0.4 is 0 Å². The van der Waals surface area contributed by atoms with Crippen LogP contribution in [0.3, 0.4) is 0 Å². The monoisotopic (exact) mass is 327 g/mol. The first-order valence-electron chi connectivity index (χ1n) is 7.56. The van der Waals surface area contributed by atoms with E-state index in [2.05, 4.69) is 5.10 Å². The first-order valence-corrected chi connectivity index (χ1v) is 7.56. The number of methoxy groups -OCH3 is 1. The van der Waals surface area contributed by atoms with Crippen LogP contribution in [0.5, 0.6) is 0 Å². The minimum Gasteiger partial charge on any atom is -0.468 e. The van der Waals surface area contributed by atoms with E-state index in [0.29, 0.717) is 6.54 Å². The number of benzene rings is 1. The minimum atomic E-state index is -0.452. The number of nitrogens with zero attached hydrogens (tertiary/aromatic N) is 3. The summed E-state index contributed by atoms with van der Waals surface area (Å²) in [5.74, 6) is -0.709. The Morgan fingerprint density at radius 2 is 2.08 bits per heavy atom. The highest BCUT2D eigenvalue weighted by Gasteiger charge is 2.16. The summed E-state index contributed by atoms with van der Waals surface area (Å²) in [4.78, 5) is 25.6. The van der Waals surface area contributed by atoms with E-state index in [0.717, 1.165) is 16.7 Å². The molecule has 6 heteroatoms. The molecule has 0 radical (unpaired) electrons. The first kappa shape index (κ1) is 17.5. The van der Waals surface area contributed by atoms with Gasteiger partial charge in [0.15, 0.2) is 0 Å². The van der Waals surface area contributed by atoms with E-state index < -0.39 is 5.97 Å². The molecule has 0 saturated carbocycles. The van der Waals surface area contributed by atoms with Gasteiger partial charge in [0, 0.05) is 31.4 Å². The van der Waals surface area contributed by atoms with Gasteiger partial charge in [0.25, 0.3) is 0 Å². The Labute approximate surface area is 141 Å². The molecule has 6 nitrogen and oxygen atoms in total. The molecule has 1 amide bonds. The summed E-state index contributed by atoms with van der Waals surface area (Å²) in [6.07, 6.45) is 6.58. The van der Waals surface area contributed by atoms with Crippen molar-refractivity contribution < 1.29 is 14.3 Å². The van der Waals surface area contributed by atoms with Crippen LogP contribution in [0.15, 0.2) is 42.7 Å². The second-order valence-electron chi connectivity index (χ2n) is 5.48. The maximum atomic E-state index is 12.5. The molecule has 0 aliphatic heterocycles. The molecular weight excluding hydrogens is 306 g/mol. The summed E-state index contributed by atoms with van der Waals surface area (Å²) in [6.45, 7) is 2.22. The van der Waals surface area contributed by atoms with Crippen LogP contribution in [0.25, 0.3) is 6.08 Å². The van der Waals surface area contributed by atoms with Crippen molar-refractivity contribution in [2.75, 3.05) is 13.7 Å². The molecule has 0 bridgehead atoms. The van der Waals surface area contributed by atoms with Crippen molar-refractivity contribution in [1.29, 1.82) is 0 Å². The summed E-state index contributed by atoms with van der Waals surface area (Å²) < 4.78 is 6.35. The number of amides is 1. The van der Waals surface area contributed by atoms with Crippen molar-refractivity contribution in [3.63, 3.8) is 0 Å².